The number of aryl methyl sites for hydroxylation is 3. The van der Waals surface area contributed by atoms with E-state index < -0.39 is 0 Å². The van der Waals surface area contributed by atoms with E-state index in [2.05, 4.69) is 28.5 Å². The molecule has 0 aliphatic rings. The quantitative estimate of drug-likeness (QED) is 0.785. The molecule has 2 rings (SSSR count). The molecular formula is C12H19ClN4. The minimum atomic E-state index is -0.0707. The molecule has 1 atom stereocenters. The standard InChI is InChI=1S/C12H19ClN4/c1-5-7-16-11(8(3)13)14-10-9(4)15-17(6-2)12(10)16/h8H,5-7H2,1-4H3. The summed E-state index contributed by atoms with van der Waals surface area (Å²) in [6.45, 7) is 10.0. The zero-order valence-corrected chi connectivity index (χ0v) is 11.6. The van der Waals surface area contributed by atoms with Gasteiger partial charge in [0.2, 0.25) is 0 Å². The number of hydrogen-bond donors (Lipinski definition) is 0. The monoisotopic (exact) mass is 254 g/mol. The van der Waals surface area contributed by atoms with Gasteiger partial charge in [0, 0.05) is 13.1 Å². The SMILES string of the molecule is CCCn1c(C(C)Cl)nc2c(C)nn(CC)c21. The fourth-order valence-electron chi connectivity index (χ4n) is 2.21. The van der Waals surface area contributed by atoms with Crippen LogP contribution >= 0.6 is 11.6 Å². The zero-order valence-electron chi connectivity index (χ0n) is 10.9. The Morgan fingerprint density at radius 1 is 1.35 bits per heavy atom. The second-order valence-corrected chi connectivity index (χ2v) is 4.97. The number of hydrogen-bond acceptors (Lipinski definition) is 2. The molecule has 17 heavy (non-hydrogen) atoms. The third kappa shape index (κ3) is 1.95. The normalized spacial score (nSPS) is 13.5. The molecule has 0 N–H and O–H groups in total. The molecule has 0 fully saturated rings. The molecule has 2 aromatic rings. The maximum atomic E-state index is 6.21. The predicted molar refractivity (Wildman–Crippen MR) is 70.5 cm³/mol. The van der Waals surface area contributed by atoms with Crippen molar-refractivity contribution in [2.24, 2.45) is 0 Å². The van der Waals surface area contributed by atoms with Gasteiger partial charge >= 0.3 is 0 Å². The Labute approximate surface area is 107 Å². The topological polar surface area (TPSA) is 35.6 Å². The summed E-state index contributed by atoms with van der Waals surface area (Å²) in [5, 5.41) is 4.43. The first kappa shape index (κ1) is 12.4. The average Bonchev–Trinajstić information content (AvgIpc) is 2.79. The number of rotatable bonds is 4. The smallest absolute Gasteiger partial charge is 0.158 e. The summed E-state index contributed by atoms with van der Waals surface area (Å²) in [7, 11) is 0. The van der Waals surface area contributed by atoms with Crippen LogP contribution in [0.4, 0.5) is 0 Å². The third-order valence-corrected chi connectivity index (χ3v) is 3.13. The summed E-state index contributed by atoms with van der Waals surface area (Å²) in [6, 6.07) is 0. The van der Waals surface area contributed by atoms with E-state index in [9.17, 15) is 0 Å². The highest BCUT2D eigenvalue weighted by molar-refractivity contribution is 6.20. The fourth-order valence-corrected chi connectivity index (χ4v) is 2.38. The van der Waals surface area contributed by atoms with Crippen molar-refractivity contribution < 1.29 is 0 Å². The van der Waals surface area contributed by atoms with Crippen LogP contribution in [0.1, 0.15) is 44.1 Å². The van der Waals surface area contributed by atoms with Crippen LogP contribution in [0.5, 0.6) is 0 Å². The fraction of sp³-hybridized carbons (Fsp3) is 0.667. The van der Waals surface area contributed by atoms with Gasteiger partial charge in [-0.3, -0.25) is 0 Å². The highest BCUT2D eigenvalue weighted by Gasteiger charge is 2.19. The van der Waals surface area contributed by atoms with Gasteiger partial charge in [-0.15, -0.1) is 11.6 Å². The van der Waals surface area contributed by atoms with Crippen molar-refractivity contribution in [3.63, 3.8) is 0 Å². The zero-order chi connectivity index (χ0) is 12.6. The van der Waals surface area contributed by atoms with Crippen molar-refractivity contribution >= 4 is 22.8 Å². The highest BCUT2D eigenvalue weighted by atomic mass is 35.5. The summed E-state index contributed by atoms with van der Waals surface area (Å²) in [4.78, 5) is 4.65. The molecule has 0 aliphatic heterocycles. The van der Waals surface area contributed by atoms with E-state index in [1.807, 2.05) is 18.5 Å². The van der Waals surface area contributed by atoms with Gasteiger partial charge < -0.3 is 4.57 Å². The molecule has 0 saturated heterocycles. The van der Waals surface area contributed by atoms with Crippen LogP contribution < -0.4 is 0 Å². The Hall–Kier alpha value is -1.03. The molecule has 0 amide bonds. The van der Waals surface area contributed by atoms with Crippen LogP contribution in [0.15, 0.2) is 0 Å². The van der Waals surface area contributed by atoms with Gasteiger partial charge in [-0.1, -0.05) is 6.92 Å². The van der Waals surface area contributed by atoms with Crippen LogP contribution in [-0.4, -0.2) is 19.3 Å². The number of nitrogens with zero attached hydrogens (tertiary/aromatic N) is 4. The number of fused-ring (bicyclic) bond motifs is 1. The molecule has 0 aliphatic carbocycles. The first-order valence-corrected chi connectivity index (χ1v) is 6.61. The molecule has 0 bridgehead atoms. The van der Waals surface area contributed by atoms with E-state index in [0.717, 1.165) is 42.2 Å². The van der Waals surface area contributed by atoms with Crippen molar-refractivity contribution in [2.45, 2.75) is 52.6 Å². The lowest BCUT2D eigenvalue weighted by molar-refractivity contribution is 0.601. The Balaban J connectivity index is 2.72. The van der Waals surface area contributed by atoms with Gasteiger partial charge in [0.15, 0.2) is 5.65 Å². The molecule has 0 spiro atoms. The number of imidazole rings is 1. The van der Waals surface area contributed by atoms with Gasteiger partial charge in [-0.25, -0.2) is 9.67 Å². The van der Waals surface area contributed by atoms with Crippen LogP contribution in [-0.2, 0) is 13.1 Å². The Bertz CT molecular complexity index is 524. The average molecular weight is 255 g/mol. The summed E-state index contributed by atoms with van der Waals surface area (Å²) < 4.78 is 4.21. The molecule has 94 valence electrons. The van der Waals surface area contributed by atoms with Crippen LogP contribution in [0, 0.1) is 6.92 Å². The van der Waals surface area contributed by atoms with E-state index in [1.165, 1.54) is 0 Å². The highest BCUT2D eigenvalue weighted by Crippen LogP contribution is 2.26. The van der Waals surface area contributed by atoms with Crippen molar-refractivity contribution in [2.75, 3.05) is 0 Å². The van der Waals surface area contributed by atoms with Gasteiger partial charge in [0.1, 0.15) is 11.3 Å². The van der Waals surface area contributed by atoms with Crippen molar-refractivity contribution in [1.82, 2.24) is 19.3 Å². The second-order valence-electron chi connectivity index (χ2n) is 4.31. The maximum Gasteiger partial charge on any atom is 0.158 e. The largest absolute Gasteiger partial charge is 0.312 e. The number of aromatic nitrogens is 4. The lowest BCUT2D eigenvalue weighted by atomic mass is 10.4. The Morgan fingerprint density at radius 3 is 2.59 bits per heavy atom. The van der Waals surface area contributed by atoms with Crippen LogP contribution in [0.3, 0.4) is 0 Å². The van der Waals surface area contributed by atoms with Gasteiger partial charge in [0.05, 0.1) is 11.1 Å². The van der Waals surface area contributed by atoms with Gasteiger partial charge in [0.25, 0.3) is 0 Å². The van der Waals surface area contributed by atoms with Crippen LogP contribution in [0.25, 0.3) is 11.2 Å². The van der Waals surface area contributed by atoms with Gasteiger partial charge in [-0.05, 0) is 27.2 Å². The minimum absolute atomic E-state index is 0.0707. The predicted octanol–water partition coefficient (Wildman–Crippen LogP) is 3.27. The number of alkyl halides is 1. The maximum absolute atomic E-state index is 6.21. The summed E-state index contributed by atoms with van der Waals surface area (Å²) in [5.41, 5.74) is 3.08. The van der Waals surface area contributed by atoms with E-state index in [1.54, 1.807) is 0 Å². The van der Waals surface area contributed by atoms with Crippen LogP contribution in [0.2, 0.25) is 0 Å². The van der Waals surface area contributed by atoms with Crippen molar-refractivity contribution in [1.29, 1.82) is 0 Å². The summed E-state index contributed by atoms with van der Waals surface area (Å²) >= 11 is 6.21. The second kappa shape index (κ2) is 4.69. The summed E-state index contributed by atoms with van der Waals surface area (Å²) in [6.07, 6.45) is 1.07. The molecule has 0 saturated carbocycles. The lowest BCUT2D eigenvalue weighted by Crippen LogP contribution is -2.09. The van der Waals surface area contributed by atoms with Crippen molar-refractivity contribution in [3.8, 4) is 0 Å². The molecule has 2 aromatic heterocycles. The van der Waals surface area contributed by atoms with E-state index in [0.29, 0.717) is 0 Å². The van der Waals surface area contributed by atoms with Gasteiger partial charge in [-0.2, -0.15) is 5.10 Å². The Kier molecular flexibility index (Phi) is 3.43. The van der Waals surface area contributed by atoms with E-state index in [4.69, 9.17) is 11.6 Å². The first-order valence-electron chi connectivity index (χ1n) is 6.17. The first-order chi connectivity index (χ1) is 8.10. The van der Waals surface area contributed by atoms with Crippen molar-refractivity contribution in [3.05, 3.63) is 11.5 Å². The molecular weight excluding hydrogens is 236 g/mol. The van der Waals surface area contributed by atoms with E-state index >= 15 is 0 Å². The molecule has 0 radical (unpaired) electrons. The molecule has 4 nitrogen and oxygen atoms in total. The molecule has 1 unspecified atom stereocenters. The Morgan fingerprint density at radius 2 is 2.06 bits per heavy atom. The lowest BCUT2D eigenvalue weighted by Gasteiger charge is -2.10. The molecule has 2 heterocycles. The number of halogens is 1. The molecule has 5 heteroatoms. The van der Waals surface area contributed by atoms with E-state index in [-0.39, 0.29) is 5.38 Å². The molecule has 0 aromatic carbocycles. The third-order valence-electron chi connectivity index (χ3n) is 2.93. The minimum Gasteiger partial charge on any atom is -0.312 e. The summed E-state index contributed by atoms with van der Waals surface area (Å²) in [5.74, 6) is 0.950.